The molecule has 2 fully saturated rings. The van der Waals surface area contributed by atoms with Crippen LogP contribution in [0.4, 0.5) is 26.3 Å². The monoisotopic (exact) mass is 532 g/mol. The Balaban J connectivity index is 1.27. The Labute approximate surface area is 211 Å². The molecule has 0 saturated carbocycles. The average molecular weight is 533 g/mol. The van der Waals surface area contributed by atoms with E-state index in [1.165, 1.54) is 27.7 Å². The summed E-state index contributed by atoms with van der Waals surface area (Å²) in [6.45, 7) is 8.15. The van der Waals surface area contributed by atoms with Gasteiger partial charge in [0.15, 0.2) is 12.2 Å². The largest absolute Gasteiger partial charge is 0.490 e. The number of halogens is 6. The molecule has 2 aromatic rings. The molecule has 5 unspecified atom stereocenters. The first-order chi connectivity index (χ1) is 17.0. The zero-order valence-electron chi connectivity index (χ0n) is 21.1. The third-order valence-corrected chi connectivity index (χ3v) is 7.03. The molecule has 0 aromatic heterocycles. The summed E-state index contributed by atoms with van der Waals surface area (Å²) in [4.78, 5) is 0. The topological polar surface area (TPSA) is 36.9 Å². The van der Waals surface area contributed by atoms with Gasteiger partial charge in [-0.2, -0.15) is 26.3 Å². The predicted octanol–water partition coefficient (Wildman–Crippen LogP) is 7.59. The van der Waals surface area contributed by atoms with E-state index >= 15 is 0 Å². The summed E-state index contributed by atoms with van der Waals surface area (Å²) in [7, 11) is 0. The van der Waals surface area contributed by atoms with Gasteiger partial charge in [-0.05, 0) is 42.3 Å². The fourth-order valence-electron chi connectivity index (χ4n) is 5.06. The molecule has 5 atom stereocenters. The summed E-state index contributed by atoms with van der Waals surface area (Å²) < 4.78 is 100. The minimum absolute atomic E-state index is 0.203. The molecule has 0 bridgehead atoms. The molecular weight excluding hydrogens is 502 g/mol. The van der Waals surface area contributed by atoms with E-state index in [1.54, 1.807) is 55.5 Å². The minimum Gasteiger partial charge on any atom is -0.490 e. The molecule has 2 heterocycles. The lowest BCUT2D eigenvalue weighted by Crippen LogP contribution is -2.57. The summed E-state index contributed by atoms with van der Waals surface area (Å²) in [5.74, 6) is 1.06. The van der Waals surface area contributed by atoms with Crippen molar-refractivity contribution >= 4 is 0 Å². The lowest BCUT2D eigenvalue weighted by molar-refractivity contribution is -0.351. The van der Waals surface area contributed by atoms with E-state index in [4.69, 9.17) is 18.9 Å². The quantitative estimate of drug-likeness (QED) is 0.345. The van der Waals surface area contributed by atoms with Gasteiger partial charge >= 0.3 is 12.4 Å². The van der Waals surface area contributed by atoms with Crippen molar-refractivity contribution in [1.82, 2.24) is 0 Å². The van der Waals surface area contributed by atoms with Gasteiger partial charge in [0.05, 0.1) is 12.2 Å². The van der Waals surface area contributed by atoms with Crippen molar-refractivity contribution in [2.45, 2.75) is 77.5 Å². The fourth-order valence-corrected chi connectivity index (χ4v) is 5.06. The van der Waals surface area contributed by atoms with Crippen LogP contribution in [0.1, 0.15) is 58.0 Å². The van der Waals surface area contributed by atoms with E-state index in [-0.39, 0.29) is 12.7 Å². The number of rotatable bonds is 7. The highest BCUT2D eigenvalue weighted by Crippen LogP contribution is 2.57. The van der Waals surface area contributed by atoms with Gasteiger partial charge in [-0.25, -0.2) is 0 Å². The van der Waals surface area contributed by atoms with Crippen LogP contribution in [0, 0.1) is 10.8 Å². The van der Waals surface area contributed by atoms with E-state index in [2.05, 4.69) is 0 Å². The molecule has 0 amide bonds. The molecule has 0 spiro atoms. The second-order valence-electron chi connectivity index (χ2n) is 10.9. The third-order valence-electron chi connectivity index (χ3n) is 7.03. The highest BCUT2D eigenvalue weighted by Gasteiger charge is 2.63. The number of benzene rings is 2. The Morgan fingerprint density at radius 2 is 1.08 bits per heavy atom. The summed E-state index contributed by atoms with van der Waals surface area (Å²) >= 11 is 0. The van der Waals surface area contributed by atoms with Crippen LogP contribution in [0.3, 0.4) is 0 Å². The van der Waals surface area contributed by atoms with Crippen molar-refractivity contribution in [1.29, 1.82) is 0 Å². The van der Waals surface area contributed by atoms with Gasteiger partial charge < -0.3 is 18.9 Å². The highest BCUT2D eigenvalue weighted by molar-refractivity contribution is 5.32. The van der Waals surface area contributed by atoms with Crippen LogP contribution in [-0.2, 0) is 9.47 Å². The normalized spacial score (nSPS) is 27.5. The summed E-state index contributed by atoms with van der Waals surface area (Å²) in [5.41, 5.74) is -0.860. The van der Waals surface area contributed by atoms with Crippen LogP contribution in [0.25, 0.3) is 0 Å². The molecule has 2 aliphatic rings. The average Bonchev–Trinajstić information content (AvgIpc) is 2.76. The van der Waals surface area contributed by atoms with Crippen molar-refractivity contribution in [3.05, 3.63) is 59.7 Å². The second-order valence-corrected chi connectivity index (χ2v) is 10.9. The van der Waals surface area contributed by atoms with Crippen molar-refractivity contribution in [3.63, 3.8) is 0 Å². The molecule has 0 N–H and O–H groups in total. The van der Waals surface area contributed by atoms with Crippen LogP contribution in [0.5, 0.6) is 11.5 Å². The number of hydrogen-bond acceptors (Lipinski definition) is 4. The SMILES string of the molecule is CC(COc1ccc(C2OC(C(F)(F)F)C2(C)C)cc1)Oc1ccc(C2OC(C(F)(F)F)C2(C)C)cc1. The van der Waals surface area contributed by atoms with E-state index in [9.17, 15) is 26.3 Å². The zero-order chi connectivity index (χ0) is 27.4. The molecule has 0 radical (unpaired) electrons. The van der Waals surface area contributed by atoms with Crippen molar-refractivity contribution in [2.75, 3.05) is 6.61 Å². The molecule has 2 aliphatic heterocycles. The first-order valence-corrected chi connectivity index (χ1v) is 11.9. The Morgan fingerprint density at radius 1 is 0.703 bits per heavy atom. The molecule has 0 aliphatic carbocycles. The fraction of sp³-hybridized carbons (Fsp3) is 0.556. The number of ether oxygens (including phenoxy) is 4. The van der Waals surface area contributed by atoms with Gasteiger partial charge in [-0.3, -0.25) is 0 Å². The summed E-state index contributed by atoms with van der Waals surface area (Å²) in [6, 6.07) is 13.4. The van der Waals surface area contributed by atoms with Crippen molar-refractivity contribution < 1.29 is 45.3 Å². The van der Waals surface area contributed by atoms with Crippen LogP contribution in [-0.4, -0.2) is 37.3 Å². The standard InChI is InChI=1S/C27H30F6O4/c1-15(35-19-12-8-17(9-13-19)21-25(4,5)23(37-21)27(31,32)33)14-34-18-10-6-16(7-11-18)20-24(2,3)22(36-20)26(28,29)30/h6-13,15,20-23H,14H2,1-5H3. The van der Waals surface area contributed by atoms with Gasteiger partial charge in [0.2, 0.25) is 0 Å². The summed E-state index contributed by atoms with van der Waals surface area (Å²) in [6.07, 6.45) is -14.1. The molecule has 37 heavy (non-hydrogen) atoms. The smallest absolute Gasteiger partial charge is 0.415 e. The van der Waals surface area contributed by atoms with Crippen LogP contribution < -0.4 is 9.47 Å². The Morgan fingerprint density at radius 3 is 1.43 bits per heavy atom. The zero-order valence-corrected chi connectivity index (χ0v) is 21.1. The number of hydrogen-bond donors (Lipinski definition) is 0. The predicted molar refractivity (Wildman–Crippen MR) is 123 cm³/mol. The maximum Gasteiger partial charge on any atom is 0.415 e. The Bertz CT molecular complexity index is 1080. The third kappa shape index (κ3) is 5.41. The number of alkyl halides is 6. The van der Waals surface area contributed by atoms with Gasteiger partial charge in [0, 0.05) is 10.8 Å². The van der Waals surface area contributed by atoms with E-state index in [0.29, 0.717) is 22.6 Å². The van der Waals surface area contributed by atoms with Crippen LogP contribution in [0.15, 0.2) is 48.5 Å². The lowest BCUT2D eigenvalue weighted by atomic mass is 9.72. The Kier molecular flexibility index (Phi) is 6.99. The first-order valence-electron chi connectivity index (χ1n) is 11.9. The van der Waals surface area contributed by atoms with Crippen molar-refractivity contribution in [3.8, 4) is 11.5 Å². The van der Waals surface area contributed by atoms with E-state index < -0.39 is 47.6 Å². The van der Waals surface area contributed by atoms with Gasteiger partial charge in [0.1, 0.15) is 24.2 Å². The van der Waals surface area contributed by atoms with Gasteiger partial charge in [-0.1, -0.05) is 52.0 Å². The summed E-state index contributed by atoms with van der Waals surface area (Å²) in [5, 5.41) is 0. The van der Waals surface area contributed by atoms with E-state index in [0.717, 1.165) is 0 Å². The van der Waals surface area contributed by atoms with Crippen LogP contribution >= 0.6 is 0 Å². The van der Waals surface area contributed by atoms with Gasteiger partial charge in [0.25, 0.3) is 0 Å². The van der Waals surface area contributed by atoms with Gasteiger partial charge in [-0.15, -0.1) is 0 Å². The molecule has 204 valence electrons. The molecule has 2 saturated heterocycles. The molecule has 4 rings (SSSR count). The Hall–Kier alpha value is -2.46. The molecular formula is C27H30F6O4. The minimum atomic E-state index is -4.41. The lowest BCUT2D eigenvalue weighted by Gasteiger charge is -2.52. The first kappa shape index (κ1) is 27.6. The van der Waals surface area contributed by atoms with Crippen molar-refractivity contribution in [2.24, 2.45) is 10.8 Å². The highest BCUT2D eigenvalue weighted by atomic mass is 19.4. The second kappa shape index (κ2) is 9.38. The molecule has 10 heteroatoms. The van der Waals surface area contributed by atoms with E-state index in [1.807, 2.05) is 0 Å². The maximum atomic E-state index is 13.0. The molecule has 2 aromatic carbocycles. The molecule has 4 nitrogen and oxygen atoms in total. The van der Waals surface area contributed by atoms with Crippen LogP contribution in [0.2, 0.25) is 0 Å². The maximum absolute atomic E-state index is 13.0.